The van der Waals surface area contributed by atoms with Crippen molar-refractivity contribution in [1.82, 2.24) is 9.80 Å². The van der Waals surface area contributed by atoms with Crippen molar-refractivity contribution >= 4 is 17.8 Å². The Hall–Kier alpha value is -2.48. The molecule has 2 aliphatic rings. The van der Waals surface area contributed by atoms with Crippen LogP contribution in [0.25, 0.3) is 0 Å². The van der Waals surface area contributed by atoms with E-state index >= 15 is 0 Å². The Morgan fingerprint density at radius 3 is 2.57 bits per heavy atom. The molecule has 2 atom stereocenters. The summed E-state index contributed by atoms with van der Waals surface area (Å²) in [5, 5.41) is 9.57. The number of nitrogens with zero attached hydrogens (tertiary/aromatic N) is 2. The lowest BCUT2D eigenvalue weighted by Gasteiger charge is -2.34. The van der Waals surface area contributed by atoms with Crippen molar-refractivity contribution in [3.63, 3.8) is 0 Å². The Morgan fingerprint density at radius 1 is 1.21 bits per heavy atom. The monoisotopic (exact) mass is 392 g/mol. The highest BCUT2D eigenvalue weighted by molar-refractivity contribution is 5.94. The van der Waals surface area contributed by atoms with Gasteiger partial charge in [-0.15, -0.1) is 0 Å². The maximum absolute atomic E-state index is 13.1. The second-order valence-electron chi connectivity index (χ2n) is 7.63. The normalized spacial score (nSPS) is 25.0. The number of hydrogen-bond acceptors (Lipinski definition) is 4. The molecule has 0 saturated carbocycles. The van der Waals surface area contributed by atoms with E-state index in [1.807, 2.05) is 0 Å². The first kappa shape index (κ1) is 20.3. The van der Waals surface area contributed by atoms with Crippen LogP contribution < -0.4 is 0 Å². The molecule has 152 valence electrons. The smallest absolute Gasteiger partial charge is 0.313 e. The summed E-state index contributed by atoms with van der Waals surface area (Å²) in [6.07, 6.45) is 1.71. The molecule has 1 N–H and O–H groups in total. The number of benzene rings is 1. The first-order valence-electron chi connectivity index (χ1n) is 9.42. The molecule has 0 radical (unpaired) electrons. The number of methoxy groups -OCH3 is 1. The van der Waals surface area contributed by atoms with Crippen molar-refractivity contribution in [1.29, 1.82) is 0 Å². The summed E-state index contributed by atoms with van der Waals surface area (Å²) >= 11 is 0. The minimum atomic E-state index is -1.07. The Labute approximate surface area is 163 Å². The maximum atomic E-state index is 13.1. The van der Waals surface area contributed by atoms with Crippen LogP contribution >= 0.6 is 0 Å². The molecule has 0 spiro atoms. The number of carbonyl (C=O) groups is 3. The van der Waals surface area contributed by atoms with Crippen LogP contribution in [0.3, 0.4) is 0 Å². The zero-order chi connectivity index (χ0) is 20.3. The molecule has 2 saturated heterocycles. The first-order chi connectivity index (χ1) is 13.4. The summed E-state index contributed by atoms with van der Waals surface area (Å²) in [6.45, 7) is 1.39. The van der Waals surface area contributed by atoms with E-state index in [0.717, 1.165) is 0 Å². The van der Waals surface area contributed by atoms with Crippen LogP contribution in [0.4, 0.5) is 4.39 Å². The maximum Gasteiger partial charge on any atom is 0.313 e. The van der Waals surface area contributed by atoms with E-state index in [0.29, 0.717) is 37.9 Å². The van der Waals surface area contributed by atoms with E-state index in [9.17, 15) is 23.9 Å². The lowest BCUT2D eigenvalue weighted by atomic mass is 9.88. The number of rotatable bonds is 5. The predicted octanol–water partition coefficient (Wildman–Crippen LogP) is 1.63. The Balaban J connectivity index is 1.65. The molecule has 0 aromatic heterocycles. The standard InChI is InChI=1S/C20H25FN2O5/c1-28-13-20(19(26)27)8-10-23(12-20)18(25)15-3-2-9-22(11-15)17(24)14-4-6-16(21)7-5-14/h4-7,15H,2-3,8-13H2,1H3,(H,26,27). The van der Waals surface area contributed by atoms with Crippen LogP contribution in [0.2, 0.25) is 0 Å². The molecule has 2 heterocycles. The van der Waals surface area contributed by atoms with E-state index in [2.05, 4.69) is 0 Å². The Kier molecular flexibility index (Phi) is 5.98. The van der Waals surface area contributed by atoms with Crippen LogP contribution in [0.15, 0.2) is 24.3 Å². The number of ether oxygens (including phenoxy) is 1. The van der Waals surface area contributed by atoms with Gasteiger partial charge in [-0.2, -0.15) is 0 Å². The molecule has 28 heavy (non-hydrogen) atoms. The van der Waals surface area contributed by atoms with Gasteiger partial charge in [-0.25, -0.2) is 4.39 Å². The van der Waals surface area contributed by atoms with Gasteiger partial charge in [0.05, 0.1) is 12.5 Å². The van der Waals surface area contributed by atoms with Crippen LogP contribution in [0.5, 0.6) is 0 Å². The third kappa shape index (κ3) is 4.01. The number of piperidine rings is 1. The third-order valence-electron chi connectivity index (χ3n) is 5.69. The summed E-state index contributed by atoms with van der Waals surface area (Å²) in [7, 11) is 1.45. The molecule has 0 bridgehead atoms. The van der Waals surface area contributed by atoms with Gasteiger partial charge in [-0.1, -0.05) is 0 Å². The van der Waals surface area contributed by atoms with Gasteiger partial charge in [0.2, 0.25) is 5.91 Å². The van der Waals surface area contributed by atoms with E-state index < -0.39 is 17.2 Å². The fourth-order valence-corrected chi connectivity index (χ4v) is 4.09. The molecule has 7 nitrogen and oxygen atoms in total. The first-order valence-corrected chi connectivity index (χ1v) is 9.42. The van der Waals surface area contributed by atoms with Crippen LogP contribution in [-0.2, 0) is 14.3 Å². The van der Waals surface area contributed by atoms with E-state index in [1.54, 1.807) is 9.80 Å². The quantitative estimate of drug-likeness (QED) is 0.823. The summed E-state index contributed by atoms with van der Waals surface area (Å²) in [5.74, 6) is -2.06. The molecular weight excluding hydrogens is 367 g/mol. The van der Waals surface area contributed by atoms with Crippen LogP contribution in [-0.4, -0.2) is 72.6 Å². The van der Waals surface area contributed by atoms with Gasteiger partial charge in [0, 0.05) is 38.9 Å². The van der Waals surface area contributed by atoms with E-state index in [4.69, 9.17) is 4.74 Å². The van der Waals surface area contributed by atoms with Gasteiger partial charge < -0.3 is 19.6 Å². The lowest BCUT2D eigenvalue weighted by Crippen LogP contribution is -2.47. The largest absolute Gasteiger partial charge is 0.481 e. The number of hydrogen-bond donors (Lipinski definition) is 1. The molecule has 1 aromatic rings. The van der Waals surface area contributed by atoms with Crippen molar-refractivity contribution in [2.45, 2.75) is 19.3 Å². The van der Waals surface area contributed by atoms with Gasteiger partial charge in [-0.3, -0.25) is 14.4 Å². The van der Waals surface area contributed by atoms with Crippen molar-refractivity contribution in [2.24, 2.45) is 11.3 Å². The summed E-state index contributed by atoms with van der Waals surface area (Å²) in [4.78, 5) is 40.5. The highest BCUT2D eigenvalue weighted by atomic mass is 19.1. The topological polar surface area (TPSA) is 87.2 Å². The molecule has 3 rings (SSSR count). The fourth-order valence-electron chi connectivity index (χ4n) is 4.09. The lowest BCUT2D eigenvalue weighted by molar-refractivity contribution is -0.152. The molecule has 1 aromatic carbocycles. The number of carbonyl (C=O) groups excluding carboxylic acids is 2. The van der Waals surface area contributed by atoms with E-state index in [-0.39, 0.29) is 37.4 Å². The summed E-state index contributed by atoms with van der Waals surface area (Å²) in [6, 6.07) is 5.36. The minimum absolute atomic E-state index is 0.0615. The number of carboxylic acid groups (broad SMARTS) is 1. The van der Waals surface area contributed by atoms with Gasteiger partial charge >= 0.3 is 5.97 Å². The highest BCUT2D eigenvalue weighted by Crippen LogP contribution is 2.33. The second kappa shape index (κ2) is 8.26. The average molecular weight is 392 g/mol. The van der Waals surface area contributed by atoms with Crippen molar-refractivity contribution in [2.75, 3.05) is 39.9 Å². The number of amides is 2. The molecule has 2 unspecified atom stereocenters. The molecule has 2 aliphatic heterocycles. The fraction of sp³-hybridized carbons (Fsp3) is 0.550. The number of aliphatic carboxylic acids is 1. The molecule has 2 amide bonds. The Bertz CT molecular complexity index is 753. The van der Waals surface area contributed by atoms with Crippen molar-refractivity contribution < 1.29 is 28.6 Å². The van der Waals surface area contributed by atoms with Gasteiger partial charge in [-0.05, 0) is 43.5 Å². The summed E-state index contributed by atoms with van der Waals surface area (Å²) < 4.78 is 18.2. The van der Waals surface area contributed by atoms with Gasteiger partial charge in [0.15, 0.2) is 0 Å². The predicted molar refractivity (Wildman–Crippen MR) is 98.2 cm³/mol. The van der Waals surface area contributed by atoms with Gasteiger partial charge in [0.1, 0.15) is 11.2 Å². The van der Waals surface area contributed by atoms with Crippen LogP contribution in [0.1, 0.15) is 29.6 Å². The molecule has 2 fully saturated rings. The van der Waals surface area contributed by atoms with Crippen molar-refractivity contribution in [3.8, 4) is 0 Å². The molecule has 8 heteroatoms. The zero-order valence-electron chi connectivity index (χ0n) is 15.9. The number of carboxylic acids is 1. The number of halogens is 1. The highest BCUT2D eigenvalue weighted by Gasteiger charge is 2.47. The van der Waals surface area contributed by atoms with Crippen LogP contribution in [0, 0.1) is 17.2 Å². The van der Waals surface area contributed by atoms with Gasteiger partial charge in [0.25, 0.3) is 5.91 Å². The average Bonchev–Trinajstić information content (AvgIpc) is 3.13. The zero-order valence-corrected chi connectivity index (χ0v) is 15.9. The molecular formula is C20H25FN2O5. The van der Waals surface area contributed by atoms with E-state index in [1.165, 1.54) is 31.4 Å². The summed E-state index contributed by atoms with van der Waals surface area (Å²) in [5.41, 5.74) is -0.677. The second-order valence-corrected chi connectivity index (χ2v) is 7.63. The third-order valence-corrected chi connectivity index (χ3v) is 5.69. The minimum Gasteiger partial charge on any atom is -0.481 e. The van der Waals surface area contributed by atoms with Crippen molar-refractivity contribution in [3.05, 3.63) is 35.6 Å². The molecule has 0 aliphatic carbocycles. The Morgan fingerprint density at radius 2 is 1.93 bits per heavy atom. The number of likely N-dealkylation sites (tertiary alicyclic amines) is 2. The SMILES string of the molecule is COCC1(C(=O)O)CCN(C(=O)C2CCCN(C(=O)c3ccc(F)cc3)C2)C1.